The van der Waals surface area contributed by atoms with Gasteiger partial charge in [0.05, 0.1) is 11.6 Å². The fraction of sp³-hybridized carbons (Fsp3) is 0.303. The number of carbonyl (C=O) groups is 1. The van der Waals surface area contributed by atoms with Gasteiger partial charge >= 0.3 is 5.97 Å². The van der Waals surface area contributed by atoms with Crippen molar-refractivity contribution in [3.05, 3.63) is 129 Å². The van der Waals surface area contributed by atoms with Crippen molar-refractivity contribution in [2.24, 2.45) is 11.8 Å². The van der Waals surface area contributed by atoms with Crippen molar-refractivity contribution >= 4 is 5.97 Å². The molecule has 0 saturated heterocycles. The van der Waals surface area contributed by atoms with Gasteiger partial charge in [-0.1, -0.05) is 85.6 Å². The second-order valence-corrected chi connectivity index (χ2v) is 10.4. The molecule has 0 bridgehead atoms. The minimum absolute atomic E-state index is 0.0793. The number of carboxylic acid groups (broad SMARTS) is 1. The molecule has 6 nitrogen and oxygen atoms in total. The third kappa shape index (κ3) is 6.82. The van der Waals surface area contributed by atoms with Crippen LogP contribution in [0.1, 0.15) is 59.5 Å². The first kappa shape index (κ1) is 26.4. The first-order chi connectivity index (χ1) is 19.1. The van der Waals surface area contributed by atoms with Crippen molar-refractivity contribution < 1.29 is 14.6 Å². The number of ether oxygens (including phenoxy) is 1. The molecule has 200 valence electrons. The Bertz CT molecular complexity index is 1400. The molecule has 1 fully saturated rings. The molecule has 1 saturated carbocycles. The summed E-state index contributed by atoms with van der Waals surface area (Å²) >= 11 is 0. The molecular formula is C33H34N2O4. The largest absolute Gasteiger partial charge is 0.482 e. The number of nitrogens with zero attached hydrogens (tertiary/aromatic N) is 1. The summed E-state index contributed by atoms with van der Waals surface area (Å²) in [6, 6.07) is 30.2. The van der Waals surface area contributed by atoms with Crippen LogP contribution < -0.4 is 10.3 Å². The predicted octanol–water partition coefficient (Wildman–Crippen LogP) is 6.01. The summed E-state index contributed by atoms with van der Waals surface area (Å²) in [4.78, 5) is 23.4. The summed E-state index contributed by atoms with van der Waals surface area (Å²) in [7, 11) is 0. The van der Waals surface area contributed by atoms with Crippen LogP contribution in [0.15, 0.2) is 95.8 Å². The number of nitrogens with one attached hydrogen (secondary N) is 1. The highest BCUT2D eigenvalue weighted by atomic mass is 16.5. The van der Waals surface area contributed by atoms with Gasteiger partial charge in [0.15, 0.2) is 6.61 Å². The van der Waals surface area contributed by atoms with Crippen LogP contribution in [0.25, 0.3) is 0 Å². The van der Waals surface area contributed by atoms with Crippen LogP contribution >= 0.6 is 0 Å². The SMILES string of the molecule is O=C(O)COc1cccc(CC2CCCCC2Cc2cc(=O)[nH]nc2C(c2ccccc2)c2ccccc2)c1. The van der Waals surface area contributed by atoms with E-state index < -0.39 is 5.97 Å². The standard InChI is InChI=1S/C33H34N2O4/c36-30-21-28(33(35-34-30)32(24-11-3-1-4-12-24)25-13-5-2-6-14-25)20-27-16-8-7-15-26(27)18-23-10-9-17-29(19-23)39-22-31(37)38/h1-6,9-14,17,19,21,26-27,32H,7-8,15-16,18,20,22H2,(H,34,36)(H,37,38). The molecule has 1 aromatic heterocycles. The maximum Gasteiger partial charge on any atom is 0.341 e. The molecule has 2 atom stereocenters. The Kier molecular flexibility index (Phi) is 8.51. The Labute approximate surface area is 228 Å². The average molecular weight is 523 g/mol. The Morgan fingerprint density at radius 1 is 0.872 bits per heavy atom. The lowest BCUT2D eigenvalue weighted by Crippen LogP contribution is -2.26. The van der Waals surface area contributed by atoms with Gasteiger partial charge in [0.2, 0.25) is 0 Å². The van der Waals surface area contributed by atoms with Gasteiger partial charge < -0.3 is 9.84 Å². The van der Waals surface area contributed by atoms with E-state index in [0.717, 1.165) is 53.6 Å². The predicted molar refractivity (Wildman–Crippen MR) is 151 cm³/mol. The molecule has 6 heteroatoms. The monoisotopic (exact) mass is 522 g/mol. The Morgan fingerprint density at radius 2 is 1.51 bits per heavy atom. The van der Waals surface area contributed by atoms with Crippen molar-refractivity contribution in [3.63, 3.8) is 0 Å². The van der Waals surface area contributed by atoms with E-state index in [1.54, 1.807) is 12.1 Å². The quantitative estimate of drug-likeness (QED) is 0.266. The van der Waals surface area contributed by atoms with Crippen LogP contribution in [-0.4, -0.2) is 27.9 Å². The fourth-order valence-corrected chi connectivity index (χ4v) is 5.98. The molecule has 0 amide bonds. The summed E-state index contributed by atoms with van der Waals surface area (Å²) in [6.45, 7) is -0.349. The zero-order valence-corrected chi connectivity index (χ0v) is 22.0. The van der Waals surface area contributed by atoms with Crippen LogP contribution in [0, 0.1) is 11.8 Å². The van der Waals surface area contributed by atoms with E-state index in [2.05, 4.69) is 40.5 Å². The molecule has 39 heavy (non-hydrogen) atoms. The average Bonchev–Trinajstić information content (AvgIpc) is 2.96. The lowest BCUT2D eigenvalue weighted by molar-refractivity contribution is -0.139. The molecule has 2 unspecified atom stereocenters. The second-order valence-electron chi connectivity index (χ2n) is 10.4. The minimum Gasteiger partial charge on any atom is -0.482 e. The highest BCUT2D eigenvalue weighted by Gasteiger charge is 2.29. The van der Waals surface area contributed by atoms with Gasteiger partial charge in [-0.2, -0.15) is 5.10 Å². The molecule has 0 spiro atoms. The Hall–Kier alpha value is -4.19. The van der Waals surface area contributed by atoms with Gasteiger partial charge in [0.25, 0.3) is 5.56 Å². The maximum atomic E-state index is 12.5. The fourth-order valence-electron chi connectivity index (χ4n) is 5.98. The molecule has 0 radical (unpaired) electrons. The van der Waals surface area contributed by atoms with Crippen LogP contribution in [0.4, 0.5) is 0 Å². The smallest absolute Gasteiger partial charge is 0.341 e. The topological polar surface area (TPSA) is 92.3 Å². The highest BCUT2D eigenvalue weighted by Crippen LogP contribution is 2.38. The number of aromatic amines is 1. The van der Waals surface area contributed by atoms with Crippen LogP contribution in [-0.2, 0) is 17.6 Å². The summed E-state index contributed by atoms with van der Waals surface area (Å²) in [5.41, 5.74) is 5.16. The first-order valence-electron chi connectivity index (χ1n) is 13.7. The van der Waals surface area contributed by atoms with Crippen molar-refractivity contribution in [3.8, 4) is 5.75 Å². The first-order valence-corrected chi connectivity index (χ1v) is 13.7. The maximum absolute atomic E-state index is 12.5. The van der Waals surface area contributed by atoms with Crippen molar-refractivity contribution in [2.75, 3.05) is 6.61 Å². The normalized spacial score (nSPS) is 17.2. The highest BCUT2D eigenvalue weighted by molar-refractivity contribution is 5.68. The molecule has 2 N–H and O–H groups in total. The molecule has 5 rings (SSSR count). The molecule has 1 aliphatic carbocycles. The summed E-state index contributed by atoms with van der Waals surface area (Å²) in [6.07, 6.45) is 6.28. The number of aliphatic carboxylic acids is 1. The van der Waals surface area contributed by atoms with E-state index in [1.165, 1.54) is 12.8 Å². The summed E-state index contributed by atoms with van der Waals surface area (Å²) in [5.74, 6) is 0.380. The minimum atomic E-state index is -0.987. The number of benzene rings is 3. The Morgan fingerprint density at radius 3 is 2.15 bits per heavy atom. The van der Waals surface area contributed by atoms with E-state index in [9.17, 15) is 9.59 Å². The van der Waals surface area contributed by atoms with Crippen LogP contribution in [0.3, 0.4) is 0 Å². The van der Waals surface area contributed by atoms with Gasteiger partial charge in [-0.25, -0.2) is 9.89 Å². The van der Waals surface area contributed by atoms with Crippen molar-refractivity contribution in [1.29, 1.82) is 0 Å². The molecule has 0 aliphatic heterocycles. The van der Waals surface area contributed by atoms with Crippen LogP contribution in [0.2, 0.25) is 0 Å². The number of hydrogen-bond acceptors (Lipinski definition) is 4. The van der Waals surface area contributed by atoms with Gasteiger partial charge in [-0.15, -0.1) is 0 Å². The van der Waals surface area contributed by atoms with E-state index in [0.29, 0.717) is 17.6 Å². The molecular weight excluding hydrogens is 488 g/mol. The number of H-pyrrole nitrogens is 1. The van der Waals surface area contributed by atoms with Gasteiger partial charge in [-0.3, -0.25) is 4.79 Å². The van der Waals surface area contributed by atoms with Crippen molar-refractivity contribution in [1.82, 2.24) is 10.2 Å². The van der Waals surface area contributed by atoms with E-state index >= 15 is 0 Å². The lowest BCUT2D eigenvalue weighted by atomic mass is 9.73. The molecule has 1 aliphatic rings. The number of aromatic nitrogens is 2. The third-order valence-corrected chi connectivity index (χ3v) is 7.77. The summed E-state index contributed by atoms with van der Waals surface area (Å²) in [5, 5.41) is 16.3. The number of carboxylic acids is 1. The zero-order valence-electron chi connectivity index (χ0n) is 22.0. The van der Waals surface area contributed by atoms with Crippen molar-refractivity contribution in [2.45, 2.75) is 44.4 Å². The lowest BCUT2D eigenvalue weighted by Gasteiger charge is -2.33. The number of hydrogen-bond donors (Lipinski definition) is 2. The van der Waals surface area contributed by atoms with Gasteiger partial charge in [-0.05, 0) is 71.9 Å². The van der Waals surface area contributed by atoms with E-state index in [-0.39, 0.29) is 18.1 Å². The zero-order chi connectivity index (χ0) is 27.0. The summed E-state index contributed by atoms with van der Waals surface area (Å²) < 4.78 is 5.41. The van der Waals surface area contributed by atoms with E-state index in [4.69, 9.17) is 9.84 Å². The van der Waals surface area contributed by atoms with E-state index in [1.807, 2.05) is 48.5 Å². The molecule has 1 heterocycles. The number of rotatable bonds is 10. The van der Waals surface area contributed by atoms with Gasteiger partial charge in [0.1, 0.15) is 5.75 Å². The third-order valence-electron chi connectivity index (χ3n) is 7.77. The second kappa shape index (κ2) is 12.6. The molecule has 3 aromatic carbocycles. The molecule has 4 aromatic rings. The Balaban J connectivity index is 1.44. The van der Waals surface area contributed by atoms with Crippen LogP contribution in [0.5, 0.6) is 5.75 Å². The van der Waals surface area contributed by atoms with Gasteiger partial charge in [0, 0.05) is 6.07 Å².